The van der Waals surface area contributed by atoms with Gasteiger partial charge in [-0.3, -0.25) is 0 Å². The maximum absolute atomic E-state index is 8.89. The average molecular weight is 298 g/mol. The topological polar surface area (TPSA) is 83.4 Å². The van der Waals surface area contributed by atoms with Crippen LogP contribution in [-0.4, -0.2) is 17.8 Å². The molecule has 6 heteroatoms. The lowest BCUT2D eigenvalue weighted by atomic mass is 10.2. The summed E-state index contributed by atoms with van der Waals surface area (Å²) in [6, 6.07) is 9.55. The van der Waals surface area contributed by atoms with Gasteiger partial charge in [-0.05, 0) is 36.2 Å². The minimum atomic E-state index is 0.189. The zero-order valence-electron chi connectivity index (χ0n) is 12.7. The van der Waals surface area contributed by atoms with E-state index in [-0.39, 0.29) is 11.6 Å². The Morgan fingerprint density at radius 1 is 1.41 bits per heavy atom. The van der Waals surface area contributed by atoms with E-state index in [1.54, 1.807) is 13.1 Å². The summed E-state index contributed by atoms with van der Waals surface area (Å²) < 4.78 is 10.8. The smallest absolute Gasteiger partial charge is 0.252 e. The van der Waals surface area contributed by atoms with Crippen molar-refractivity contribution < 1.29 is 9.15 Å². The lowest BCUT2D eigenvalue weighted by molar-refractivity contribution is 0.309. The number of ether oxygens (including phenoxy) is 1. The second-order valence-electron chi connectivity index (χ2n) is 4.66. The van der Waals surface area contributed by atoms with E-state index >= 15 is 0 Å². The summed E-state index contributed by atoms with van der Waals surface area (Å²) in [6.45, 7) is 4.53. The highest BCUT2D eigenvalue weighted by Crippen LogP contribution is 2.16. The molecule has 0 aliphatic rings. The molecule has 0 fully saturated rings. The number of hydrogen-bond acceptors (Lipinski definition) is 6. The van der Waals surface area contributed by atoms with Gasteiger partial charge in [0.2, 0.25) is 5.69 Å². The molecular formula is C16H18N4O2. The van der Waals surface area contributed by atoms with Crippen LogP contribution in [0.3, 0.4) is 0 Å². The van der Waals surface area contributed by atoms with Crippen molar-refractivity contribution in [3.8, 4) is 11.8 Å². The number of benzene rings is 1. The van der Waals surface area contributed by atoms with Gasteiger partial charge in [-0.15, -0.1) is 0 Å². The third kappa shape index (κ3) is 4.35. The normalized spacial score (nSPS) is 10.6. The summed E-state index contributed by atoms with van der Waals surface area (Å²) in [5.41, 5.74) is 3.77. The molecule has 0 saturated heterocycles. The summed E-state index contributed by atoms with van der Waals surface area (Å²) in [7, 11) is 0. The van der Waals surface area contributed by atoms with Gasteiger partial charge in [0.05, 0.1) is 12.8 Å². The molecule has 0 spiro atoms. The Balaban J connectivity index is 1.91. The number of hydrazone groups is 1. The van der Waals surface area contributed by atoms with Crippen molar-refractivity contribution in [3.63, 3.8) is 0 Å². The molecule has 114 valence electrons. The predicted octanol–water partition coefficient (Wildman–Crippen LogP) is 3.48. The highest BCUT2D eigenvalue weighted by Gasteiger charge is 2.08. The first-order valence-electron chi connectivity index (χ1n) is 7.12. The number of nitrogens with zero attached hydrogens (tertiary/aromatic N) is 3. The van der Waals surface area contributed by atoms with Crippen LogP contribution in [0.15, 0.2) is 33.8 Å². The number of hydrogen-bond donors (Lipinski definition) is 1. The molecule has 1 heterocycles. The quantitative estimate of drug-likeness (QED) is 0.480. The van der Waals surface area contributed by atoms with Crippen LogP contribution in [-0.2, 0) is 0 Å². The van der Waals surface area contributed by atoms with Gasteiger partial charge in [-0.1, -0.05) is 13.3 Å². The summed E-state index contributed by atoms with van der Waals surface area (Å²) in [6.07, 6.45) is 3.79. The summed E-state index contributed by atoms with van der Waals surface area (Å²) >= 11 is 0. The highest BCUT2D eigenvalue weighted by atomic mass is 16.5. The molecule has 2 aromatic rings. The van der Waals surface area contributed by atoms with Crippen molar-refractivity contribution in [2.45, 2.75) is 26.7 Å². The molecule has 0 bridgehead atoms. The maximum atomic E-state index is 8.89. The zero-order chi connectivity index (χ0) is 15.8. The van der Waals surface area contributed by atoms with Crippen LogP contribution in [0.4, 0.5) is 5.88 Å². The van der Waals surface area contributed by atoms with Crippen LogP contribution in [0, 0.1) is 18.3 Å². The van der Waals surface area contributed by atoms with Crippen molar-refractivity contribution in [3.05, 3.63) is 41.4 Å². The summed E-state index contributed by atoms with van der Waals surface area (Å²) in [5, 5.41) is 12.9. The Morgan fingerprint density at radius 2 is 2.18 bits per heavy atom. The first-order valence-corrected chi connectivity index (χ1v) is 7.12. The van der Waals surface area contributed by atoms with Crippen molar-refractivity contribution in [2.75, 3.05) is 12.0 Å². The van der Waals surface area contributed by atoms with Gasteiger partial charge in [0.25, 0.3) is 5.88 Å². The predicted molar refractivity (Wildman–Crippen MR) is 84.0 cm³/mol. The number of nitriles is 1. The average Bonchev–Trinajstić information content (AvgIpc) is 2.89. The van der Waals surface area contributed by atoms with Gasteiger partial charge in [-0.25, -0.2) is 10.4 Å². The second kappa shape index (κ2) is 7.84. The fourth-order valence-electron chi connectivity index (χ4n) is 1.73. The standard InChI is InChI=1S/C16H18N4O2/c1-3-4-9-21-14-7-5-13(6-8-14)11-18-20-16-15(10-17)19-12(2)22-16/h5-8,11,20H,3-4,9H2,1-2H3. The molecule has 0 amide bonds. The number of aromatic nitrogens is 1. The maximum Gasteiger partial charge on any atom is 0.252 e. The number of anilines is 1. The van der Waals surface area contributed by atoms with E-state index in [0.717, 1.165) is 30.8 Å². The van der Waals surface area contributed by atoms with Crippen LogP contribution < -0.4 is 10.2 Å². The number of rotatable bonds is 7. The minimum Gasteiger partial charge on any atom is -0.494 e. The molecule has 1 aromatic heterocycles. The van der Waals surface area contributed by atoms with Crippen molar-refractivity contribution in [2.24, 2.45) is 5.10 Å². The van der Waals surface area contributed by atoms with Gasteiger partial charge < -0.3 is 9.15 Å². The van der Waals surface area contributed by atoms with E-state index in [0.29, 0.717) is 5.89 Å². The van der Waals surface area contributed by atoms with E-state index in [1.807, 2.05) is 30.3 Å². The number of nitrogens with one attached hydrogen (secondary N) is 1. The molecule has 0 saturated carbocycles. The molecule has 0 aliphatic heterocycles. The third-order valence-corrected chi connectivity index (χ3v) is 2.87. The molecule has 1 N–H and O–H groups in total. The van der Waals surface area contributed by atoms with Crippen molar-refractivity contribution in [1.82, 2.24) is 4.98 Å². The largest absolute Gasteiger partial charge is 0.494 e. The van der Waals surface area contributed by atoms with Crippen molar-refractivity contribution >= 4 is 12.1 Å². The van der Waals surface area contributed by atoms with E-state index in [1.165, 1.54) is 0 Å². The monoisotopic (exact) mass is 298 g/mol. The molecule has 0 aliphatic carbocycles. The fraction of sp³-hybridized carbons (Fsp3) is 0.312. The first-order chi connectivity index (χ1) is 10.7. The number of unbranched alkanes of at least 4 members (excludes halogenated alkanes) is 1. The van der Waals surface area contributed by atoms with Crippen LogP contribution in [0.2, 0.25) is 0 Å². The zero-order valence-corrected chi connectivity index (χ0v) is 12.7. The van der Waals surface area contributed by atoms with E-state index < -0.39 is 0 Å². The van der Waals surface area contributed by atoms with E-state index in [9.17, 15) is 0 Å². The van der Waals surface area contributed by atoms with Gasteiger partial charge in [0, 0.05) is 6.92 Å². The molecule has 2 rings (SSSR count). The Morgan fingerprint density at radius 3 is 2.86 bits per heavy atom. The van der Waals surface area contributed by atoms with Gasteiger partial charge >= 0.3 is 0 Å². The summed E-state index contributed by atoms with van der Waals surface area (Å²) in [5.74, 6) is 1.51. The highest BCUT2D eigenvalue weighted by molar-refractivity contribution is 5.80. The summed E-state index contributed by atoms with van der Waals surface area (Å²) in [4.78, 5) is 3.92. The van der Waals surface area contributed by atoms with E-state index in [4.69, 9.17) is 14.4 Å². The second-order valence-corrected chi connectivity index (χ2v) is 4.66. The van der Waals surface area contributed by atoms with Crippen LogP contribution in [0.1, 0.15) is 36.9 Å². The van der Waals surface area contributed by atoms with Crippen molar-refractivity contribution in [1.29, 1.82) is 5.26 Å². The first kappa shape index (κ1) is 15.6. The Bertz CT molecular complexity index is 668. The Kier molecular flexibility index (Phi) is 5.55. The molecule has 0 atom stereocenters. The lowest BCUT2D eigenvalue weighted by Gasteiger charge is -2.04. The van der Waals surface area contributed by atoms with Crippen LogP contribution >= 0.6 is 0 Å². The van der Waals surface area contributed by atoms with Gasteiger partial charge in [-0.2, -0.15) is 10.4 Å². The molecule has 1 aromatic carbocycles. The minimum absolute atomic E-state index is 0.189. The number of oxazole rings is 1. The molecule has 0 radical (unpaired) electrons. The third-order valence-electron chi connectivity index (χ3n) is 2.87. The van der Waals surface area contributed by atoms with Crippen LogP contribution in [0.25, 0.3) is 0 Å². The van der Waals surface area contributed by atoms with Gasteiger partial charge in [0.15, 0.2) is 5.89 Å². The molecule has 6 nitrogen and oxygen atoms in total. The lowest BCUT2D eigenvalue weighted by Crippen LogP contribution is -1.96. The van der Waals surface area contributed by atoms with E-state index in [2.05, 4.69) is 22.4 Å². The molecular weight excluding hydrogens is 280 g/mol. The van der Waals surface area contributed by atoms with Crippen LogP contribution in [0.5, 0.6) is 5.75 Å². The molecule has 0 unspecified atom stereocenters. The Hall–Kier alpha value is -2.81. The SMILES string of the molecule is CCCCOc1ccc(C=NNc2oc(C)nc2C#N)cc1. The Labute approximate surface area is 129 Å². The fourth-order valence-corrected chi connectivity index (χ4v) is 1.73. The van der Waals surface area contributed by atoms with Gasteiger partial charge in [0.1, 0.15) is 11.8 Å². The molecule has 22 heavy (non-hydrogen) atoms. The number of aryl methyl sites for hydroxylation is 1.